The van der Waals surface area contributed by atoms with Gasteiger partial charge in [0.2, 0.25) is 0 Å². The Labute approximate surface area is 211 Å². The Morgan fingerprint density at radius 1 is 0.889 bits per heavy atom. The molecule has 3 rings (SSSR count). The van der Waals surface area contributed by atoms with Gasteiger partial charge in [0.25, 0.3) is 11.8 Å². The number of carbonyl (C=O) groups excluding carboxylic acids is 2. The fraction of sp³-hybridized carbons (Fsp3) is 0.207. The highest BCUT2D eigenvalue weighted by Crippen LogP contribution is 2.26. The predicted molar refractivity (Wildman–Crippen MR) is 142 cm³/mol. The second-order valence-corrected chi connectivity index (χ2v) is 9.06. The van der Waals surface area contributed by atoms with Crippen LogP contribution in [-0.2, 0) is 10.2 Å². The third-order valence-electron chi connectivity index (χ3n) is 5.43. The van der Waals surface area contributed by atoms with Crippen LogP contribution in [0.15, 0.2) is 83.6 Å². The first-order chi connectivity index (χ1) is 17.2. The fourth-order valence-corrected chi connectivity index (χ4v) is 3.33. The van der Waals surface area contributed by atoms with E-state index in [9.17, 15) is 9.59 Å². The predicted octanol–water partition coefficient (Wildman–Crippen LogP) is 4.92. The van der Waals surface area contributed by atoms with Crippen LogP contribution in [0.1, 0.15) is 47.8 Å². The monoisotopic (exact) mass is 485 g/mol. The van der Waals surface area contributed by atoms with Gasteiger partial charge in [-0.05, 0) is 46.9 Å². The highest BCUT2D eigenvalue weighted by molar-refractivity contribution is 6.05. The van der Waals surface area contributed by atoms with Crippen molar-refractivity contribution < 1.29 is 19.1 Å². The highest BCUT2D eigenvalue weighted by atomic mass is 16.5. The number of hydrogen-bond donors (Lipinski definition) is 2. The summed E-state index contributed by atoms with van der Waals surface area (Å²) < 4.78 is 10.7. The van der Waals surface area contributed by atoms with Crippen molar-refractivity contribution in [1.82, 2.24) is 10.7 Å². The highest BCUT2D eigenvalue weighted by Gasteiger charge is 2.16. The molecule has 0 atom stereocenters. The molecule has 186 valence electrons. The Morgan fingerprint density at radius 2 is 1.58 bits per heavy atom. The van der Waals surface area contributed by atoms with Crippen molar-refractivity contribution in [2.75, 3.05) is 14.2 Å². The van der Waals surface area contributed by atoms with Crippen molar-refractivity contribution in [3.05, 3.63) is 101 Å². The zero-order valence-electron chi connectivity index (χ0n) is 21.2. The van der Waals surface area contributed by atoms with Gasteiger partial charge >= 0.3 is 0 Å². The molecule has 0 aliphatic heterocycles. The van der Waals surface area contributed by atoms with Gasteiger partial charge in [-0.1, -0.05) is 63.2 Å². The van der Waals surface area contributed by atoms with Gasteiger partial charge in [-0.25, -0.2) is 5.43 Å². The molecule has 0 saturated carbocycles. The zero-order valence-corrected chi connectivity index (χ0v) is 21.2. The summed E-state index contributed by atoms with van der Waals surface area (Å²) in [6.07, 6.45) is 3.08. The largest absolute Gasteiger partial charge is 0.497 e. The van der Waals surface area contributed by atoms with Crippen molar-refractivity contribution in [3.8, 4) is 11.5 Å². The molecule has 0 radical (unpaired) electrons. The Bertz CT molecular complexity index is 1260. The van der Waals surface area contributed by atoms with Crippen LogP contribution in [-0.4, -0.2) is 32.2 Å². The maximum Gasteiger partial charge on any atom is 0.287 e. The Kier molecular flexibility index (Phi) is 8.62. The minimum atomic E-state index is -0.584. The Balaban J connectivity index is 1.84. The first-order valence-electron chi connectivity index (χ1n) is 11.5. The number of hydrogen-bond acceptors (Lipinski definition) is 5. The molecule has 3 aromatic rings. The molecule has 0 heterocycles. The summed E-state index contributed by atoms with van der Waals surface area (Å²) in [5.41, 5.74) is 5.58. The molecule has 7 heteroatoms. The second-order valence-electron chi connectivity index (χ2n) is 9.06. The molecule has 3 aromatic carbocycles. The van der Waals surface area contributed by atoms with E-state index in [4.69, 9.17) is 9.47 Å². The lowest BCUT2D eigenvalue weighted by atomic mass is 9.87. The molecule has 0 saturated heterocycles. The molecule has 0 bridgehead atoms. The number of benzene rings is 3. The first kappa shape index (κ1) is 26.2. The van der Waals surface area contributed by atoms with E-state index in [-0.39, 0.29) is 11.1 Å². The van der Waals surface area contributed by atoms with Crippen LogP contribution in [0, 0.1) is 0 Å². The molecule has 0 spiro atoms. The van der Waals surface area contributed by atoms with Crippen LogP contribution in [0.25, 0.3) is 6.08 Å². The van der Waals surface area contributed by atoms with Gasteiger partial charge in [0.1, 0.15) is 17.2 Å². The van der Waals surface area contributed by atoms with Gasteiger partial charge in [0.05, 0.1) is 20.4 Å². The van der Waals surface area contributed by atoms with Crippen molar-refractivity contribution in [2.24, 2.45) is 5.10 Å². The van der Waals surface area contributed by atoms with Gasteiger partial charge in [-0.3, -0.25) is 9.59 Å². The zero-order chi connectivity index (χ0) is 26.1. The lowest BCUT2D eigenvalue weighted by molar-refractivity contribution is -0.117. The van der Waals surface area contributed by atoms with Gasteiger partial charge < -0.3 is 14.8 Å². The van der Waals surface area contributed by atoms with Gasteiger partial charge in [0, 0.05) is 17.2 Å². The normalized spacial score (nSPS) is 11.8. The van der Waals surface area contributed by atoms with Gasteiger partial charge in [-0.2, -0.15) is 5.10 Å². The number of ether oxygens (including phenoxy) is 2. The lowest BCUT2D eigenvalue weighted by Gasteiger charge is -2.18. The maximum absolute atomic E-state index is 13.0. The van der Waals surface area contributed by atoms with Gasteiger partial charge in [-0.15, -0.1) is 0 Å². The molecule has 2 amide bonds. The molecular formula is C29H31N3O4. The first-order valence-corrected chi connectivity index (χ1v) is 11.5. The number of methoxy groups -OCH3 is 2. The summed E-state index contributed by atoms with van der Waals surface area (Å²) in [4.78, 5) is 25.8. The van der Waals surface area contributed by atoms with E-state index >= 15 is 0 Å². The van der Waals surface area contributed by atoms with Crippen LogP contribution in [0.2, 0.25) is 0 Å². The van der Waals surface area contributed by atoms with E-state index in [0.717, 1.165) is 5.56 Å². The van der Waals surface area contributed by atoms with Crippen molar-refractivity contribution in [3.63, 3.8) is 0 Å². The molecule has 36 heavy (non-hydrogen) atoms. The minimum absolute atomic E-state index is 0.00699. The van der Waals surface area contributed by atoms with Crippen LogP contribution >= 0.6 is 0 Å². The maximum atomic E-state index is 13.0. The van der Waals surface area contributed by atoms with Crippen LogP contribution < -0.4 is 20.2 Å². The average Bonchev–Trinajstić information content (AvgIpc) is 2.88. The number of carbonyl (C=O) groups is 2. The third kappa shape index (κ3) is 7.06. The SMILES string of the molecule is COc1ccc(/C=C(\NC(=O)c2ccccc2)C(=O)N/N=C/c2ccc(C(C)(C)C)cc2)c(OC)c1. The summed E-state index contributed by atoms with van der Waals surface area (Å²) in [6, 6.07) is 21.7. The van der Waals surface area contributed by atoms with E-state index in [1.807, 2.05) is 30.3 Å². The average molecular weight is 486 g/mol. The Hall–Kier alpha value is -4.39. The number of nitrogens with zero attached hydrogens (tertiary/aromatic N) is 1. The number of hydrazone groups is 1. The van der Waals surface area contributed by atoms with Crippen molar-refractivity contribution >= 4 is 24.1 Å². The van der Waals surface area contributed by atoms with Crippen molar-refractivity contribution in [2.45, 2.75) is 26.2 Å². The number of amides is 2. The summed E-state index contributed by atoms with van der Waals surface area (Å²) >= 11 is 0. The molecular weight excluding hydrogens is 454 g/mol. The quantitative estimate of drug-likeness (QED) is 0.269. The molecule has 0 aliphatic carbocycles. The standard InChI is InChI=1S/C29H31N3O4/c1-29(2,3)23-14-11-20(12-15-23)19-30-32-28(34)25(31-27(33)21-9-7-6-8-10-21)17-22-13-16-24(35-4)18-26(22)36-5/h6-19H,1-5H3,(H,31,33)(H,32,34)/b25-17-,30-19+. The molecule has 0 unspecified atom stereocenters. The molecule has 0 aromatic heterocycles. The minimum Gasteiger partial charge on any atom is -0.497 e. The van der Waals surface area contributed by atoms with Crippen molar-refractivity contribution in [1.29, 1.82) is 0 Å². The topological polar surface area (TPSA) is 89.0 Å². The van der Waals surface area contributed by atoms with E-state index in [1.54, 1.807) is 55.8 Å². The molecule has 7 nitrogen and oxygen atoms in total. The summed E-state index contributed by atoms with van der Waals surface area (Å²) in [7, 11) is 3.07. The van der Waals surface area contributed by atoms with E-state index in [0.29, 0.717) is 22.6 Å². The summed E-state index contributed by atoms with van der Waals surface area (Å²) in [5.74, 6) is 0.0763. The van der Waals surface area contributed by atoms with E-state index in [2.05, 4.69) is 36.6 Å². The van der Waals surface area contributed by atoms with E-state index in [1.165, 1.54) is 18.7 Å². The Morgan fingerprint density at radius 3 is 2.19 bits per heavy atom. The van der Waals surface area contributed by atoms with E-state index < -0.39 is 11.8 Å². The molecule has 2 N–H and O–H groups in total. The molecule has 0 fully saturated rings. The third-order valence-corrected chi connectivity index (χ3v) is 5.43. The van der Waals surface area contributed by atoms with Crippen LogP contribution in [0.3, 0.4) is 0 Å². The molecule has 0 aliphatic rings. The summed E-state index contributed by atoms with van der Waals surface area (Å²) in [6.45, 7) is 6.43. The fourth-order valence-electron chi connectivity index (χ4n) is 3.33. The number of rotatable bonds is 8. The van der Waals surface area contributed by atoms with Gasteiger partial charge in [0.15, 0.2) is 0 Å². The lowest BCUT2D eigenvalue weighted by Crippen LogP contribution is -2.32. The van der Waals surface area contributed by atoms with Crippen LogP contribution in [0.5, 0.6) is 11.5 Å². The number of nitrogens with one attached hydrogen (secondary N) is 2. The smallest absolute Gasteiger partial charge is 0.287 e. The second kappa shape index (κ2) is 11.8. The van der Waals surface area contributed by atoms with Crippen LogP contribution in [0.4, 0.5) is 0 Å². The summed E-state index contributed by atoms with van der Waals surface area (Å²) in [5, 5.41) is 6.76.